The molecule has 3 amide bonds. The van der Waals surface area contributed by atoms with E-state index >= 15 is 0 Å². The number of rotatable bonds is 3. The smallest absolute Gasteiger partial charge is 0.406 e. The van der Waals surface area contributed by atoms with Crippen LogP contribution in [-0.2, 0) is 9.59 Å². The van der Waals surface area contributed by atoms with Gasteiger partial charge in [0.15, 0.2) is 0 Å². The van der Waals surface area contributed by atoms with E-state index in [-0.39, 0.29) is 54.3 Å². The summed E-state index contributed by atoms with van der Waals surface area (Å²) >= 11 is 0. The van der Waals surface area contributed by atoms with Crippen molar-refractivity contribution in [2.45, 2.75) is 25.2 Å². The molecule has 2 fully saturated rings. The number of hydrogen-bond donors (Lipinski definition) is 0. The maximum atomic E-state index is 12.5. The third-order valence-corrected chi connectivity index (χ3v) is 5.39. The molecule has 0 spiro atoms. The van der Waals surface area contributed by atoms with Crippen molar-refractivity contribution in [2.75, 3.05) is 13.1 Å². The summed E-state index contributed by atoms with van der Waals surface area (Å²) in [6.07, 6.45) is 0.163. The van der Waals surface area contributed by atoms with Crippen molar-refractivity contribution in [3.05, 3.63) is 42.0 Å². The highest BCUT2D eigenvalue weighted by atomic mass is 19.4. The summed E-state index contributed by atoms with van der Waals surface area (Å²) in [5, 5.41) is 0. The molecule has 3 aliphatic rings. The predicted octanol–water partition coefficient (Wildman–Crippen LogP) is 2.36. The average molecular weight is 394 g/mol. The second-order valence-corrected chi connectivity index (χ2v) is 7.14. The number of imide groups is 1. The predicted molar refractivity (Wildman–Crippen MR) is 90.0 cm³/mol. The molecule has 4 rings (SSSR count). The zero-order valence-electron chi connectivity index (χ0n) is 14.7. The number of carbonyl (C=O) groups excluding carboxylic acids is 3. The average Bonchev–Trinajstić information content (AvgIpc) is 2.85. The van der Waals surface area contributed by atoms with Gasteiger partial charge in [0.1, 0.15) is 5.75 Å². The monoisotopic (exact) mass is 394 g/mol. The first-order valence-corrected chi connectivity index (χ1v) is 8.91. The number of amides is 3. The van der Waals surface area contributed by atoms with E-state index in [2.05, 4.69) is 4.74 Å². The Morgan fingerprint density at radius 1 is 0.964 bits per heavy atom. The van der Waals surface area contributed by atoms with Gasteiger partial charge in [-0.15, -0.1) is 13.2 Å². The van der Waals surface area contributed by atoms with Crippen molar-refractivity contribution < 1.29 is 32.3 Å². The fourth-order valence-electron chi connectivity index (χ4n) is 3.95. The zero-order chi connectivity index (χ0) is 20.1. The lowest BCUT2D eigenvalue weighted by atomic mass is 9.85. The molecule has 28 heavy (non-hydrogen) atoms. The number of nitrogens with zero attached hydrogens (tertiary/aromatic N) is 2. The van der Waals surface area contributed by atoms with Crippen LogP contribution in [0.15, 0.2) is 36.4 Å². The molecule has 0 aromatic heterocycles. The first-order valence-electron chi connectivity index (χ1n) is 8.91. The minimum Gasteiger partial charge on any atom is -0.406 e. The van der Waals surface area contributed by atoms with Gasteiger partial charge in [-0.1, -0.05) is 12.2 Å². The number of hydrogen-bond acceptors (Lipinski definition) is 4. The lowest BCUT2D eigenvalue weighted by molar-refractivity contribution is -0.274. The van der Waals surface area contributed by atoms with Gasteiger partial charge in [-0.3, -0.25) is 19.3 Å². The topological polar surface area (TPSA) is 66.9 Å². The van der Waals surface area contributed by atoms with Crippen molar-refractivity contribution in [1.29, 1.82) is 0 Å². The molecule has 1 aromatic carbocycles. The van der Waals surface area contributed by atoms with Crippen LogP contribution < -0.4 is 4.74 Å². The summed E-state index contributed by atoms with van der Waals surface area (Å²) in [5.74, 6) is -1.73. The molecule has 2 heterocycles. The Morgan fingerprint density at radius 2 is 1.50 bits per heavy atom. The van der Waals surface area contributed by atoms with E-state index in [1.54, 1.807) is 0 Å². The molecule has 1 aliphatic carbocycles. The molecule has 2 saturated heterocycles. The molecule has 0 radical (unpaired) electrons. The van der Waals surface area contributed by atoms with E-state index in [0.29, 0.717) is 12.8 Å². The summed E-state index contributed by atoms with van der Waals surface area (Å²) in [6.45, 7) is 0.452. The number of fused-ring (bicyclic) bond motifs is 1. The van der Waals surface area contributed by atoms with Crippen LogP contribution in [0.4, 0.5) is 13.2 Å². The molecule has 0 bridgehead atoms. The lowest BCUT2D eigenvalue weighted by Crippen LogP contribution is -2.62. The van der Waals surface area contributed by atoms with Gasteiger partial charge in [-0.05, 0) is 37.1 Å². The second-order valence-electron chi connectivity index (χ2n) is 7.14. The Hall–Kier alpha value is -2.84. The number of likely N-dealkylation sites (tertiary alicyclic amines) is 2. The molecule has 6 nitrogen and oxygen atoms in total. The number of allylic oxidation sites excluding steroid dienone is 2. The quantitative estimate of drug-likeness (QED) is 0.583. The number of carbonyl (C=O) groups is 3. The van der Waals surface area contributed by atoms with Crippen LogP contribution in [0.25, 0.3) is 0 Å². The van der Waals surface area contributed by atoms with Gasteiger partial charge in [-0.25, -0.2) is 0 Å². The van der Waals surface area contributed by atoms with Crippen LogP contribution in [0.5, 0.6) is 5.75 Å². The Morgan fingerprint density at radius 3 is 2.00 bits per heavy atom. The van der Waals surface area contributed by atoms with Crippen molar-refractivity contribution in [1.82, 2.24) is 9.80 Å². The van der Waals surface area contributed by atoms with Gasteiger partial charge in [0.2, 0.25) is 11.8 Å². The maximum Gasteiger partial charge on any atom is 0.573 e. The molecule has 2 aliphatic heterocycles. The van der Waals surface area contributed by atoms with Crippen molar-refractivity contribution >= 4 is 17.7 Å². The second kappa shape index (κ2) is 6.65. The van der Waals surface area contributed by atoms with E-state index in [1.807, 2.05) is 12.2 Å². The Bertz CT molecular complexity index is 818. The highest BCUT2D eigenvalue weighted by Gasteiger charge is 2.52. The minimum atomic E-state index is -4.79. The lowest BCUT2D eigenvalue weighted by Gasteiger charge is -2.43. The molecule has 1 aromatic rings. The SMILES string of the molecule is O=C(c1ccc(OC(F)(F)F)cc1)N1CC(N2C(=O)C3CC=CCC3C2=O)C1. The first kappa shape index (κ1) is 18.5. The van der Waals surface area contributed by atoms with Gasteiger partial charge in [0, 0.05) is 18.7 Å². The van der Waals surface area contributed by atoms with Crippen molar-refractivity contribution in [3.63, 3.8) is 0 Å². The third-order valence-electron chi connectivity index (χ3n) is 5.39. The summed E-state index contributed by atoms with van der Waals surface area (Å²) in [5.41, 5.74) is 0.213. The molecule has 9 heteroatoms. The van der Waals surface area contributed by atoms with E-state index in [4.69, 9.17) is 0 Å². The minimum absolute atomic E-state index is 0.176. The van der Waals surface area contributed by atoms with E-state index in [0.717, 1.165) is 12.1 Å². The fourth-order valence-corrected chi connectivity index (χ4v) is 3.95. The number of halogens is 3. The van der Waals surface area contributed by atoms with E-state index in [9.17, 15) is 27.6 Å². The fraction of sp³-hybridized carbons (Fsp3) is 0.421. The largest absolute Gasteiger partial charge is 0.573 e. The molecule has 0 saturated carbocycles. The summed E-state index contributed by atoms with van der Waals surface area (Å²) in [6, 6.07) is 4.31. The van der Waals surface area contributed by atoms with Crippen LogP contribution >= 0.6 is 0 Å². The molecular formula is C19H17F3N2O4. The number of benzene rings is 1. The zero-order valence-corrected chi connectivity index (χ0v) is 14.7. The molecule has 2 unspecified atom stereocenters. The van der Waals surface area contributed by atoms with Gasteiger partial charge >= 0.3 is 6.36 Å². The highest BCUT2D eigenvalue weighted by molar-refractivity contribution is 6.06. The molecule has 148 valence electrons. The Kier molecular flexibility index (Phi) is 4.40. The van der Waals surface area contributed by atoms with Crippen LogP contribution in [0.1, 0.15) is 23.2 Å². The maximum absolute atomic E-state index is 12.5. The van der Waals surface area contributed by atoms with E-state index < -0.39 is 12.1 Å². The van der Waals surface area contributed by atoms with Gasteiger partial charge in [-0.2, -0.15) is 0 Å². The Balaban J connectivity index is 1.37. The highest BCUT2D eigenvalue weighted by Crippen LogP contribution is 2.37. The van der Waals surface area contributed by atoms with Crippen molar-refractivity contribution in [3.8, 4) is 5.75 Å². The van der Waals surface area contributed by atoms with E-state index in [1.165, 1.54) is 21.9 Å². The standard InChI is InChI=1S/C19H17F3N2O4/c20-19(21,22)28-13-7-5-11(6-8-13)16(25)23-9-12(10-23)24-17(26)14-3-1-2-4-15(14)18(24)27/h1-2,5-8,12,14-15H,3-4,9-10H2. The van der Waals surface area contributed by atoms with Crippen LogP contribution in [0.2, 0.25) is 0 Å². The molecular weight excluding hydrogens is 377 g/mol. The Labute approximate surface area is 158 Å². The van der Waals surface area contributed by atoms with Gasteiger partial charge in [0.05, 0.1) is 17.9 Å². The normalized spacial score (nSPS) is 25.0. The number of ether oxygens (including phenoxy) is 1. The summed E-state index contributed by atoms with van der Waals surface area (Å²) in [4.78, 5) is 40.3. The van der Waals surface area contributed by atoms with Crippen LogP contribution in [0.3, 0.4) is 0 Å². The summed E-state index contributed by atoms with van der Waals surface area (Å²) < 4.78 is 40.4. The molecule has 0 N–H and O–H groups in total. The first-order chi connectivity index (χ1) is 13.2. The number of alkyl halides is 3. The third kappa shape index (κ3) is 3.25. The van der Waals surface area contributed by atoms with Crippen molar-refractivity contribution in [2.24, 2.45) is 11.8 Å². The van der Waals surface area contributed by atoms with Gasteiger partial charge in [0.25, 0.3) is 5.91 Å². The van der Waals surface area contributed by atoms with Gasteiger partial charge < -0.3 is 9.64 Å². The van der Waals surface area contributed by atoms with Crippen LogP contribution in [-0.4, -0.2) is 53.0 Å². The molecule has 2 atom stereocenters. The summed E-state index contributed by atoms with van der Waals surface area (Å²) in [7, 11) is 0. The van der Waals surface area contributed by atoms with Crippen LogP contribution in [0, 0.1) is 11.8 Å².